The van der Waals surface area contributed by atoms with Gasteiger partial charge in [-0.25, -0.2) is 4.98 Å². The van der Waals surface area contributed by atoms with Crippen molar-refractivity contribution in [2.75, 3.05) is 24.5 Å². The summed E-state index contributed by atoms with van der Waals surface area (Å²) in [5, 5.41) is 10.3. The van der Waals surface area contributed by atoms with E-state index in [0.717, 1.165) is 38.3 Å². The van der Waals surface area contributed by atoms with Crippen molar-refractivity contribution in [2.24, 2.45) is 22.1 Å². The molecular weight excluding hydrogens is 280 g/mol. The standard InChI is InChI=1S/C15H22N6O/c16-20-19-12-6-8-21(9-7-12)14-3-1-2-13(18-14)15(22)17-10-11-4-5-11/h1-3,11-12H,4-10H2,(H2,16,19)(H,17,22). The molecule has 1 aromatic rings. The van der Waals surface area contributed by atoms with E-state index in [4.69, 9.17) is 5.84 Å². The quantitative estimate of drug-likeness (QED) is 0.489. The maximum Gasteiger partial charge on any atom is 0.269 e. The molecule has 7 nitrogen and oxygen atoms in total. The van der Waals surface area contributed by atoms with Gasteiger partial charge in [-0.15, -0.1) is 0 Å². The minimum Gasteiger partial charge on any atom is -0.356 e. The molecule has 1 saturated carbocycles. The van der Waals surface area contributed by atoms with Crippen molar-refractivity contribution in [3.8, 4) is 0 Å². The number of carbonyl (C=O) groups excluding carboxylic acids is 1. The number of nitrogens with zero attached hydrogens (tertiary/aromatic N) is 4. The molecule has 0 spiro atoms. The molecule has 118 valence electrons. The Morgan fingerprint density at radius 1 is 1.32 bits per heavy atom. The van der Waals surface area contributed by atoms with Crippen LogP contribution in [0.3, 0.4) is 0 Å². The molecule has 1 amide bonds. The third-order valence-electron chi connectivity index (χ3n) is 4.23. The maximum atomic E-state index is 12.1. The summed E-state index contributed by atoms with van der Waals surface area (Å²) in [6, 6.07) is 5.80. The van der Waals surface area contributed by atoms with Crippen LogP contribution in [0.25, 0.3) is 0 Å². The second-order valence-electron chi connectivity index (χ2n) is 5.98. The second kappa shape index (κ2) is 6.72. The van der Waals surface area contributed by atoms with Crippen LogP contribution in [0, 0.1) is 5.92 Å². The Bertz CT molecular complexity index is 549. The average molecular weight is 302 g/mol. The topological polar surface area (TPSA) is 96.0 Å². The van der Waals surface area contributed by atoms with E-state index >= 15 is 0 Å². The van der Waals surface area contributed by atoms with Gasteiger partial charge in [0.15, 0.2) is 0 Å². The molecule has 7 heteroatoms. The number of rotatable bonds is 5. The molecular formula is C15H22N6O. The van der Waals surface area contributed by atoms with Crippen molar-refractivity contribution in [3.63, 3.8) is 0 Å². The normalized spacial score (nSPS) is 19.5. The largest absolute Gasteiger partial charge is 0.356 e. The molecule has 0 radical (unpaired) electrons. The predicted molar refractivity (Wildman–Crippen MR) is 83.6 cm³/mol. The fraction of sp³-hybridized carbons (Fsp3) is 0.600. The van der Waals surface area contributed by atoms with Crippen LogP contribution in [0.15, 0.2) is 28.5 Å². The minimum atomic E-state index is -0.0828. The maximum absolute atomic E-state index is 12.1. The van der Waals surface area contributed by atoms with Gasteiger partial charge in [0.2, 0.25) is 0 Å². The molecule has 2 heterocycles. The zero-order valence-electron chi connectivity index (χ0n) is 12.6. The molecule has 3 N–H and O–H groups in total. The Hall–Kier alpha value is -2.18. The third kappa shape index (κ3) is 3.72. The number of pyridine rings is 1. The van der Waals surface area contributed by atoms with E-state index in [-0.39, 0.29) is 11.9 Å². The van der Waals surface area contributed by atoms with E-state index in [1.54, 1.807) is 6.07 Å². The summed E-state index contributed by atoms with van der Waals surface area (Å²) >= 11 is 0. The van der Waals surface area contributed by atoms with Gasteiger partial charge in [-0.2, -0.15) is 5.11 Å². The van der Waals surface area contributed by atoms with Crippen molar-refractivity contribution in [2.45, 2.75) is 31.7 Å². The Balaban J connectivity index is 1.59. The number of nitrogens with one attached hydrogen (secondary N) is 1. The molecule has 3 rings (SSSR count). The molecule has 1 aliphatic heterocycles. The number of piperidine rings is 1. The number of anilines is 1. The third-order valence-corrected chi connectivity index (χ3v) is 4.23. The highest BCUT2D eigenvalue weighted by Gasteiger charge is 2.23. The van der Waals surface area contributed by atoms with Gasteiger partial charge in [0, 0.05) is 19.6 Å². The Kier molecular flexibility index (Phi) is 4.50. The van der Waals surface area contributed by atoms with E-state index in [2.05, 4.69) is 25.5 Å². The van der Waals surface area contributed by atoms with Crippen LogP contribution < -0.4 is 16.1 Å². The van der Waals surface area contributed by atoms with Gasteiger partial charge in [-0.3, -0.25) is 4.79 Å². The lowest BCUT2D eigenvalue weighted by Gasteiger charge is -2.30. The van der Waals surface area contributed by atoms with E-state index in [1.165, 1.54) is 12.8 Å². The fourth-order valence-electron chi connectivity index (χ4n) is 2.68. The van der Waals surface area contributed by atoms with Gasteiger partial charge < -0.3 is 16.1 Å². The number of nitrogens with two attached hydrogens (primary N) is 1. The van der Waals surface area contributed by atoms with Crippen molar-refractivity contribution >= 4 is 11.7 Å². The first-order valence-corrected chi connectivity index (χ1v) is 7.86. The summed E-state index contributed by atoms with van der Waals surface area (Å²) in [5.74, 6) is 6.54. The van der Waals surface area contributed by atoms with Crippen molar-refractivity contribution < 1.29 is 4.79 Å². The van der Waals surface area contributed by atoms with Crippen LogP contribution in [0.1, 0.15) is 36.2 Å². The number of aromatic nitrogens is 1. The molecule has 2 aliphatic rings. The molecule has 1 aromatic heterocycles. The second-order valence-corrected chi connectivity index (χ2v) is 5.98. The van der Waals surface area contributed by atoms with Gasteiger partial charge in [0.05, 0.1) is 6.04 Å². The Morgan fingerprint density at radius 2 is 2.09 bits per heavy atom. The highest BCUT2D eigenvalue weighted by atomic mass is 16.1. The lowest BCUT2D eigenvalue weighted by molar-refractivity contribution is 0.0947. The van der Waals surface area contributed by atoms with Crippen LogP contribution >= 0.6 is 0 Å². The minimum absolute atomic E-state index is 0.0828. The molecule has 0 bridgehead atoms. The zero-order chi connectivity index (χ0) is 15.4. The zero-order valence-corrected chi connectivity index (χ0v) is 12.6. The molecule has 22 heavy (non-hydrogen) atoms. The number of hydrogen-bond acceptors (Lipinski definition) is 5. The summed E-state index contributed by atoms with van der Waals surface area (Å²) in [6.07, 6.45) is 4.26. The summed E-state index contributed by atoms with van der Waals surface area (Å²) in [6.45, 7) is 2.47. The van der Waals surface area contributed by atoms with Crippen molar-refractivity contribution in [1.82, 2.24) is 10.3 Å². The van der Waals surface area contributed by atoms with Gasteiger partial charge >= 0.3 is 0 Å². The molecule has 0 aromatic carbocycles. The van der Waals surface area contributed by atoms with Gasteiger partial charge in [-0.1, -0.05) is 11.3 Å². The van der Waals surface area contributed by atoms with Gasteiger partial charge in [0.1, 0.15) is 11.5 Å². The van der Waals surface area contributed by atoms with Crippen LogP contribution in [0.4, 0.5) is 5.82 Å². The Morgan fingerprint density at radius 3 is 2.77 bits per heavy atom. The first-order chi connectivity index (χ1) is 10.8. The molecule has 0 unspecified atom stereocenters. The van der Waals surface area contributed by atoms with E-state index in [9.17, 15) is 4.79 Å². The molecule has 1 aliphatic carbocycles. The van der Waals surface area contributed by atoms with E-state index < -0.39 is 0 Å². The van der Waals surface area contributed by atoms with Gasteiger partial charge in [-0.05, 0) is 43.7 Å². The summed E-state index contributed by atoms with van der Waals surface area (Å²) in [4.78, 5) is 18.8. The first-order valence-electron chi connectivity index (χ1n) is 7.86. The van der Waals surface area contributed by atoms with E-state index in [1.807, 2.05) is 12.1 Å². The number of hydrogen-bond donors (Lipinski definition) is 2. The van der Waals surface area contributed by atoms with Crippen LogP contribution in [-0.4, -0.2) is 36.6 Å². The highest BCUT2D eigenvalue weighted by molar-refractivity contribution is 5.92. The Labute approximate surface area is 130 Å². The SMILES string of the molecule is NN=NC1CCN(c2cccc(C(=O)NCC3CC3)n2)CC1. The molecule has 2 fully saturated rings. The monoisotopic (exact) mass is 302 g/mol. The molecule has 1 saturated heterocycles. The molecule has 0 atom stereocenters. The van der Waals surface area contributed by atoms with Crippen LogP contribution in [0.2, 0.25) is 0 Å². The highest BCUT2D eigenvalue weighted by Crippen LogP contribution is 2.27. The summed E-state index contributed by atoms with van der Waals surface area (Å²) < 4.78 is 0. The van der Waals surface area contributed by atoms with Crippen molar-refractivity contribution in [1.29, 1.82) is 0 Å². The smallest absolute Gasteiger partial charge is 0.269 e. The summed E-state index contributed by atoms with van der Waals surface area (Å²) in [7, 11) is 0. The van der Waals surface area contributed by atoms with Crippen LogP contribution in [-0.2, 0) is 0 Å². The average Bonchev–Trinajstić information content (AvgIpc) is 3.38. The van der Waals surface area contributed by atoms with Crippen LogP contribution in [0.5, 0.6) is 0 Å². The number of amides is 1. The lowest BCUT2D eigenvalue weighted by Crippen LogP contribution is -2.36. The summed E-state index contributed by atoms with van der Waals surface area (Å²) in [5.41, 5.74) is 0.488. The van der Waals surface area contributed by atoms with Crippen molar-refractivity contribution in [3.05, 3.63) is 23.9 Å². The lowest BCUT2D eigenvalue weighted by atomic mass is 10.1. The van der Waals surface area contributed by atoms with Gasteiger partial charge in [0.25, 0.3) is 5.91 Å². The fourth-order valence-corrected chi connectivity index (χ4v) is 2.68. The van der Waals surface area contributed by atoms with E-state index in [0.29, 0.717) is 11.6 Å². The number of carbonyl (C=O) groups is 1. The first kappa shape index (κ1) is 14.7. The predicted octanol–water partition coefficient (Wildman–Crippen LogP) is 1.52.